The fourth-order valence-electron chi connectivity index (χ4n) is 0.513. The van der Waals surface area contributed by atoms with Crippen molar-refractivity contribution in [3.63, 3.8) is 0 Å². The Kier molecular flexibility index (Phi) is 12.8. The third-order valence-corrected chi connectivity index (χ3v) is 7.43. The summed E-state index contributed by atoms with van der Waals surface area (Å²) < 4.78 is 43.8. The topological polar surface area (TPSA) is 18.5 Å². The molecule has 0 bridgehead atoms. The lowest BCUT2D eigenvalue weighted by atomic mass is 10.5. The summed E-state index contributed by atoms with van der Waals surface area (Å²) in [5.74, 6) is 0. The summed E-state index contributed by atoms with van der Waals surface area (Å²) in [5, 5.41) is 0. The van der Waals surface area contributed by atoms with Crippen molar-refractivity contribution in [3.8, 4) is 0 Å². The van der Waals surface area contributed by atoms with Crippen molar-refractivity contribution in [2.75, 3.05) is 0 Å². The van der Waals surface area contributed by atoms with Crippen LogP contribution in [0.3, 0.4) is 0 Å². The van der Waals surface area contributed by atoms with Crippen LogP contribution < -0.4 is 0 Å². The lowest BCUT2D eigenvalue weighted by molar-refractivity contribution is -0.130. The molecule has 0 aliphatic carbocycles. The van der Waals surface area contributed by atoms with E-state index in [-0.39, 0.29) is 6.04 Å². The smallest absolute Gasteiger partial charge is 0.388 e. The van der Waals surface area contributed by atoms with Crippen molar-refractivity contribution in [1.82, 2.24) is 0 Å². The minimum atomic E-state index is -3.98. The van der Waals surface area contributed by atoms with Crippen molar-refractivity contribution in [1.29, 1.82) is 0 Å². The van der Waals surface area contributed by atoms with E-state index < -0.39 is 31.4 Å². The van der Waals surface area contributed by atoms with Gasteiger partial charge in [0.15, 0.2) is 9.04 Å². The summed E-state index contributed by atoms with van der Waals surface area (Å²) in [5.41, 5.74) is 1.92. The van der Waals surface area contributed by atoms with Crippen LogP contribution in [0.25, 0.3) is 0 Å². The van der Waals surface area contributed by atoms with Gasteiger partial charge in [0, 0.05) is 6.42 Å². The van der Waals surface area contributed by atoms with Crippen LogP contribution in [0, 0.1) is 0 Å². The fraction of sp³-hybridized carbons (Fsp3) is 0.667. The van der Waals surface area contributed by atoms with Crippen LogP contribution in [-0.2, 0) is 8.23 Å². The summed E-state index contributed by atoms with van der Waals surface area (Å²) in [6.07, 6.45) is -4.64. The third-order valence-electron chi connectivity index (χ3n) is 1.51. The van der Waals surface area contributed by atoms with Gasteiger partial charge in [0.1, 0.15) is 30.7 Å². The second kappa shape index (κ2) is 10.8. The molecule has 0 spiro atoms. The Morgan fingerprint density at radius 1 is 1.47 bits per heavy atom. The van der Waals surface area contributed by atoms with Gasteiger partial charge in [0.2, 0.25) is 0 Å². The Balaban J connectivity index is 0. The molecule has 92 valence electrons. The van der Waals surface area contributed by atoms with E-state index in [1.54, 1.807) is 0 Å². The van der Waals surface area contributed by atoms with E-state index in [4.69, 9.17) is 8.23 Å². The van der Waals surface area contributed by atoms with Crippen LogP contribution in [-0.4, -0.2) is 46.0 Å². The van der Waals surface area contributed by atoms with Gasteiger partial charge in [0.05, 0.1) is 0 Å². The first-order valence-electron chi connectivity index (χ1n) is 4.58. The number of halogens is 3. The molecule has 0 N–H and O–H groups in total. The van der Waals surface area contributed by atoms with Gasteiger partial charge in [-0.3, -0.25) is 0 Å². The molecule has 0 saturated heterocycles. The van der Waals surface area contributed by atoms with Crippen LogP contribution in [0.1, 0.15) is 6.42 Å². The Labute approximate surface area is 99.0 Å². The number of rotatable bonds is 5. The van der Waals surface area contributed by atoms with E-state index in [2.05, 4.69) is 13.1 Å². The predicted octanol–water partition coefficient (Wildman–Crippen LogP) is -0.900. The summed E-state index contributed by atoms with van der Waals surface area (Å²) in [6.45, 7) is 5.70. The molecule has 0 aliphatic rings. The van der Waals surface area contributed by atoms with Crippen molar-refractivity contribution >= 4 is 39.8 Å². The predicted molar refractivity (Wildman–Crippen MR) is 69.3 cm³/mol. The molecule has 0 aliphatic heterocycles. The molecule has 15 heavy (non-hydrogen) atoms. The second-order valence-electron chi connectivity index (χ2n) is 2.89. The quantitative estimate of drug-likeness (QED) is 0.483. The van der Waals surface area contributed by atoms with Crippen LogP contribution in [0.2, 0.25) is 12.6 Å². The van der Waals surface area contributed by atoms with Gasteiger partial charge in [-0.1, -0.05) is 5.70 Å². The Morgan fingerprint density at radius 2 is 2.00 bits per heavy atom. The summed E-state index contributed by atoms with van der Waals surface area (Å²) in [6, 6.07) is 0.229. The zero-order chi connectivity index (χ0) is 12.3. The fourth-order valence-corrected chi connectivity index (χ4v) is 2.98. The molecule has 0 rings (SSSR count). The molecule has 0 aromatic rings. The van der Waals surface area contributed by atoms with E-state index in [0.29, 0.717) is 10.5 Å². The molecule has 2 nitrogen and oxygen atoms in total. The summed E-state index contributed by atoms with van der Waals surface area (Å²) in [4.78, 5) is 0. The zero-order valence-electron chi connectivity index (χ0n) is 9.43. The first-order chi connectivity index (χ1) is 6.87. The number of hydrogen-bond acceptors (Lipinski definition) is 2. The average molecular weight is 293 g/mol. The standard InChI is InChI=1S/C3H9F3OSi2.C3H10OSi2/c4-3(5,6)1-2-9-7-8;1-3-6(2)4-5/h1-2,9H2,8H3;3,6H,1H2,2,5H3. The lowest BCUT2D eigenvalue weighted by Gasteiger charge is -2.03. The van der Waals surface area contributed by atoms with Gasteiger partial charge >= 0.3 is 6.18 Å². The highest BCUT2D eigenvalue weighted by atomic mass is 28.3. The van der Waals surface area contributed by atoms with Crippen LogP contribution in [0.4, 0.5) is 13.2 Å². The number of alkyl halides is 3. The van der Waals surface area contributed by atoms with E-state index in [9.17, 15) is 13.2 Å². The average Bonchev–Trinajstić information content (AvgIpc) is 2.16. The molecular formula is C6H19F3O2Si4. The monoisotopic (exact) mass is 292 g/mol. The molecule has 9 heteroatoms. The molecule has 1 unspecified atom stereocenters. The van der Waals surface area contributed by atoms with Crippen molar-refractivity contribution in [2.45, 2.75) is 25.2 Å². The first kappa shape index (κ1) is 17.7. The molecule has 1 atom stereocenters. The van der Waals surface area contributed by atoms with Crippen LogP contribution in [0.5, 0.6) is 0 Å². The van der Waals surface area contributed by atoms with Crippen LogP contribution in [0.15, 0.2) is 12.3 Å². The maximum absolute atomic E-state index is 11.4. The van der Waals surface area contributed by atoms with Gasteiger partial charge in [-0.15, -0.1) is 6.58 Å². The maximum Gasteiger partial charge on any atom is 0.388 e. The molecule has 0 fully saturated rings. The van der Waals surface area contributed by atoms with E-state index >= 15 is 0 Å². The largest absolute Gasteiger partial charge is 0.468 e. The minimum absolute atomic E-state index is 0.229. The van der Waals surface area contributed by atoms with E-state index in [1.165, 1.54) is 0 Å². The summed E-state index contributed by atoms with van der Waals surface area (Å²) >= 11 is 0. The summed E-state index contributed by atoms with van der Waals surface area (Å²) in [7, 11) is -0.194. The van der Waals surface area contributed by atoms with E-state index in [1.807, 2.05) is 5.70 Å². The SMILES string of the molecule is C=C[SiH](C)O[SiH3].FC(F)(F)CC[SiH2]O[SiH3]. The number of hydrogen-bond donors (Lipinski definition) is 0. The van der Waals surface area contributed by atoms with Crippen LogP contribution >= 0.6 is 0 Å². The highest BCUT2D eigenvalue weighted by Gasteiger charge is 2.25. The van der Waals surface area contributed by atoms with Crippen molar-refractivity contribution < 1.29 is 21.4 Å². The molecule has 0 heterocycles. The van der Waals surface area contributed by atoms with Gasteiger partial charge in [-0.2, -0.15) is 13.2 Å². The van der Waals surface area contributed by atoms with E-state index in [0.717, 1.165) is 10.5 Å². The molecule has 0 aromatic heterocycles. The molecule has 0 radical (unpaired) electrons. The Bertz CT molecular complexity index is 156. The highest BCUT2D eigenvalue weighted by Crippen LogP contribution is 2.20. The molecule has 0 saturated carbocycles. The van der Waals surface area contributed by atoms with Crippen molar-refractivity contribution in [3.05, 3.63) is 12.3 Å². The lowest BCUT2D eigenvalue weighted by Crippen LogP contribution is -2.08. The molecule has 0 amide bonds. The molecular weight excluding hydrogens is 273 g/mol. The van der Waals surface area contributed by atoms with Gasteiger partial charge in [-0.25, -0.2) is 0 Å². The zero-order valence-corrected chi connectivity index (χ0v) is 16.0. The minimum Gasteiger partial charge on any atom is -0.468 e. The molecule has 0 aromatic carbocycles. The normalized spacial score (nSPS) is 13.9. The van der Waals surface area contributed by atoms with Gasteiger partial charge < -0.3 is 8.23 Å². The van der Waals surface area contributed by atoms with Gasteiger partial charge in [0.25, 0.3) is 0 Å². The van der Waals surface area contributed by atoms with Gasteiger partial charge in [-0.05, 0) is 12.6 Å². The Hall–Kier alpha value is 0.318. The van der Waals surface area contributed by atoms with Crippen molar-refractivity contribution in [2.24, 2.45) is 0 Å². The second-order valence-corrected chi connectivity index (χ2v) is 10.1. The maximum atomic E-state index is 11.4. The first-order valence-corrected chi connectivity index (χ1v) is 10.1. The Morgan fingerprint density at radius 3 is 2.20 bits per heavy atom. The highest BCUT2D eigenvalue weighted by molar-refractivity contribution is 6.59. The third kappa shape index (κ3) is 20.4.